The van der Waals surface area contributed by atoms with Gasteiger partial charge < -0.3 is 5.32 Å². The zero-order chi connectivity index (χ0) is 15.7. The minimum Gasteiger partial charge on any atom is -0.316 e. The van der Waals surface area contributed by atoms with Crippen LogP contribution in [-0.2, 0) is 16.6 Å². The van der Waals surface area contributed by atoms with Gasteiger partial charge in [-0.25, -0.2) is 8.42 Å². The number of sulfonamides is 1. The molecule has 0 saturated heterocycles. The fraction of sp³-hybridized carbons (Fsp3) is 0.733. The molecule has 1 aromatic heterocycles. The predicted molar refractivity (Wildman–Crippen MR) is 88.1 cm³/mol. The van der Waals surface area contributed by atoms with Gasteiger partial charge >= 0.3 is 0 Å². The second-order valence-corrected chi connectivity index (χ2v) is 9.86. The van der Waals surface area contributed by atoms with Gasteiger partial charge in [-0.15, -0.1) is 11.3 Å². The highest BCUT2D eigenvalue weighted by Gasteiger charge is 2.34. The van der Waals surface area contributed by atoms with Crippen LogP contribution in [0, 0.1) is 5.41 Å². The molecule has 1 N–H and O–H groups in total. The molecule has 1 saturated carbocycles. The molecule has 0 unspecified atom stereocenters. The van der Waals surface area contributed by atoms with Crippen LogP contribution in [0.25, 0.3) is 0 Å². The second-order valence-electron chi connectivity index (χ2n) is 6.72. The van der Waals surface area contributed by atoms with Crippen LogP contribution < -0.4 is 5.32 Å². The zero-order valence-corrected chi connectivity index (χ0v) is 15.0. The molecular weight excluding hydrogens is 304 g/mol. The molecule has 1 heterocycles. The monoisotopic (exact) mass is 330 g/mol. The molecule has 21 heavy (non-hydrogen) atoms. The first-order valence-corrected chi connectivity index (χ1v) is 9.78. The summed E-state index contributed by atoms with van der Waals surface area (Å²) < 4.78 is 27.5. The maximum Gasteiger partial charge on any atom is 0.252 e. The minimum atomic E-state index is -3.35. The molecule has 4 nitrogen and oxygen atoms in total. The Hall–Kier alpha value is -0.430. The Morgan fingerprint density at radius 1 is 1.38 bits per heavy atom. The molecule has 0 amide bonds. The summed E-state index contributed by atoms with van der Waals surface area (Å²) in [6.07, 6.45) is 4.09. The Morgan fingerprint density at radius 3 is 2.57 bits per heavy atom. The third kappa shape index (κ3) is 3.86. The van der Waals surface area contributed by atoms with Crippen LogP contribution in [0.2, 0.25) is 0 Å². The molecule has 2 rings (SSSR count). The fourth-order valence-electron chi connectivity index (χ4n) is 2.87. The van der Waals surface area contributed by atoms with Crippen LogP contribution in [0.5, 0.6) is 0 Å². The van der Waals surface area contributed by atoms with Crippen molar-refractivity contribution < 1.29 is 8.42 Å². The maximum atomic E-state index is 12.7. The van der Waals surface area contributed by atoms with Crippen LogP contribution in [0.4, 0.5) is 0 Å². The van der Waals surface area contributed by atoms with Crippen molar-refractivity contribution in [3.63, 3.8) is 0 Å². The number of hydrogen-bond acceptors (Lipinski definition) is 4. The van der Waals surface area contributed by atoms with E-state index in [-0.39, 0.29) is 6.04 Å². The molecule has 0 spiro atoms. The molecule has 1 aliphatic rings. The number of nitrogens with zero attached hydrogens (tertiary/aromatic N) is 1. The number of nitrogens with one attached hydrogen (secondary N) is 1. The van der Waals surface area contributed by atoms with E-state index in [4.69, 9.17) is 0 Å². The Kier molecular flexibility index (Phi) is 5.13. The molecule has 120 valence electrons. The van der Waals surface area contributed by atoms with Crippen LogP contribution in [0.3, 0.4) is 0 Å². The number of rotatable bonds is 5. The van der Waals surface area contributed by atoms with E-state index in [2.05, 4.69) is 19.2 Å². The molecule has 0 atom stereocenters. The van der Waals surface area contributed by atoms with Crippen molar-refractivity contribution >= 4 is 21.4 Å². The van der Waals surface area contributed by atoms with Crippen molar-refractivity contribution in [2.24, 2.45) is 5.41 Å². The predicted octanol–water partition coefficient (Wildman–Crippen LogP) is 3.06. The lowest BCUT2D eigenvalue weighted by atomic mass is 9.76. The van der Waals surface area contributed by atoms with E-state index in [1.807, 2.05) is 12.4 Å². The Balaban J connectivity index is 2.11. The van der Waals surface area contributed by atoms with E-state index in [9.17, 15) is 8.42 Å². The molecular formula is C15H26N2O2S2. The zero-order valence-electron chi connectivity index (χ0n) is 13.3. The van der Waals surface area contributed by atoms with Gasteiger partial charge in [0.1, 0.15) is 4.21 Å². The average Bonchev–Trinajstić information content (AvgIpc) is 2.88. The smallest absolute Gasteiger partial charge is 0.252 e. The van der Waals surface area contributed by atoms with Gasteiger partial charge in [0.2, 0.25) is 0 Å². The molecule has 1 aliphatic carbocycles. The lowest BCUT2D eigenvalue weighted by Crippen LogP contribution is -2.40. The maximum absolute atomic E-state index is 12.7. The summed E-state index contributed by atoms with van der Waals surface area (Å²) in [6.45, 7) is 5.23. The summed E-state index contributed by atoms with van der Waals surface area (Å²) in [6, 6.07) is 1.93. The normalized spacial score (nSPS) is 20.0. The van der Waals surface area contributed by atoms with E-state index in [1.54, 1.807) is 17.4 Å². The van der Waals surface area contributed by atoms with Gasteiger partial charge in [0.25, 0.3) is 10.0 Å². The average molecular weight is 331 g/mol. The molecule has 1 fully saturated rings. The van der Waals surface area contributed by atoms with Gasteiger partial charge in [0.15, 0.2) is 0 Å². The van der Waals surface area contributed by atoms with Crippen LogP contribution in [0.15, 0.2) is 15.7 Å². The van der Waals surface area contributed by atoms with E-state index in [0.717, 1.165) is 31.2 Å². The van der Waals surface area contributed by atoms with Gasteiger partial charge in [-0.1, -0.05) is 13.8 Å². The highest BCUT2D eigenvalue weighted by Crippen LogP contribution is 2.38. The van der Waals surface area contributed by atoms with Crippen LogP contribution in [-0.4, -0.2) is 32.9 Å². The second kappa shape index (κ2) is 6.36. The quantitative estimate of drug-likeness (QED) is 0.903. The molecule has 0 aliphatic heterocycles. The molecule has 0 radical (unpaired) electrons. The van der Waals surface area contributed by atoms with Crippen LogP contribution in [0.1, 0.15) is 45.1 Å². The van der Waals surface area contributed by atoms with Gasteiger partial charge in [-0.05, 0) is 55.2 Å². The molecule has 6 heteroatoms. The van der Waals surface area contributed by atoms with Crippen molar-refractivity contribution in [3.8, 4) is 0 Å². The topological polar surface area (TPSA) is 49.4 Å². The summed E-state index contributed by atoms with van der Waals surface area (Å²) in [5.74, 6) is 0. The van der Waals surface area contributed by atoms with Gasteiger partial charge in [-0.2, -0.15) is 4.31 Å². The highest BCUT2D eigenvalue weighted by molar-refractivity contribution is 7.91. The Morgan fingerprint density at radius 2 is 2.00 bits per heavy atom. The largest absolute Gasteiger partial charge is 0.316 e. The van der Waals surface area contributed by atoms with Crippen molar-refractivity contribution in [2.75, 3.05) is 14.1 Å². The summed E-state index contributed by atoms with van der Waals surface area (Å²) >= 11 is 1.32. The van der Waals surface area contributed by atoms with E-state index in [0.29, 0.717) is 16.2 Å². The molecule has 1 aromatic rings. The Labute approximate surface area is 132 Å². The Bertz CT molecular complexity index is 568. The molecule has 0 bridgehead atoms. The van der Waals surface area contributed by atoms with Gasteiger partial charge in [0.05, 0.1) is 0 Å². The fourth-order valence-corrected chi connectivity index (χ4v) is 5.68. The number of thiophene rings is 1. The summed E-state index contributed by atoms with van der Waals surface area (Å²) in [4.78, 5) is 0. The summed E-state index contributed by atoms with van der Waals surface area (Å²) in [7, 11) is 0.245. The SMILES string of the molecule is CNCc1csc(S(=O)(=O)N(C)C2CCC(C)(C)CC2)c1. The van der Waals surface area contributed by atoms with E-state index >= 15 is 0 Å². The van der Waals surface area contributed by atoms with Gasteiger partial charge in [0, 0.05) is 19.6 Å². The van der Waals surface area contributed by atoms with E-state index < -0.39 is 10.0 Å². The molecule has 0 aromatic carbocycles. The standard InChI is InChI=1S/C15H26N2O2S2/c1-15(2)7-5-13(6-8-15)17(4)21(18,19)14-9-12(10-16-3)11-20-14/h9,11,13,16H,5-8,10H2,1-4H3. The van der Waals surface area contributed by atoms with Crippen molar-refractivity contribution in [1.29, 1.82) is 0 Å². The first-order chi connectivity index (χ1) is 9.76. The summed E-state index contributed by atoms with van der Waals surface area (Å²) in [5.41, 5.74) is 1.38. The van der Waals surface area contributed by atoms with E-state index in [1.165, 1.54) is 11.3 Å². The van der Waals surface area contributed by atoms with Crippen molar-refractivity contribution in [2.45, 2.75) is 56.3 Å². The third-order valence-corrected chi connectivity index (χ3v) is 7.84. The lowest BCUT2D eigenvalue weighted by Gasteiger charge is -2.37. The first-order valence-electron chi connectivity index (χ1n) is 7.46. The van der Waals surface area contributed by atoms with Crippen molar-refractivity contribution in [3.05, 3.63) is 17.0 Å². The summed E-state index contributed by atoms with van der Waals surface area (Å²) in [5, 5.41) is 4.97. The lowest BCUT2D eigenvalue weighted by molar-refractivity contribution is 0.174. The number of hydrogen-bond donors (Lipinski definition) is 1. The third-order valence-electron chi connectivity index (χ3n) is 4.47. The van der Waals surface area contributed by atoms with Gasteiger partial charge in [-0.3, -0.25) is 0 Å². The highest BCUT2D eigenvalue weighted by atomic mass is 32.2. The van der Waals surface area contributed by atoms with Crippen molar-refractivity contribution in [1.82, 2.24) is 9.62 Å². The first kappa shape index (κ1) is 16.9. The van der Waals surface area contributed by atoms with Crippen LogP contribution >= 0.6 is 11.3 Å². The minimum absolute atomic E-state index is 0.137.